The molecule has 0 atom stereocenters. The Morgan fingerprint density at radius 1 is 1.50 bits per heavy atom. The van der Waals surface area contributed by atoms with Gasteiger partial charge in [-0.2, -0.15) is 0 Å². The molecule has 94 valence electrons. The maximum absolute atomic E-state index is 12.1. The molecule has 0 saturated heterocycles. The Bertz CT molecular complexity index is 570. The third kappa shape index (κ3) is 2.27. The average Bonchev–Trinajstić information content (AvgIpc) is 3.09. The summed E-state index contributed by atoms with van der Waals surface area (Å²) < 4.78 is 1.77. The summed E-state index contributed by atoms with van der Waals surface area (Å²) in [6, 6.07) is 0.383. The maximum Gasteiger partial charge on any atom is 0.293 e. The van der Waals surface area contributed by atoms with E-state index in [1.807, 2.05) is 0 Å². The Balaban J connectivity index is 1.65. The molecule has 0 radical (unpaired) electrons. The Kier molecular flexibility index (Phi) is 2.84. The van der Waals surface area contributed by atoms with Crippen LogP contribution in [-0.2, 0) is 6.42 Å². The lowest BCUT2D eigenvalue weighted by Crippen LogP contribution is -2.24. The first kappa shape index (κ1) is 11.0. The van der Waals surface area contributed by atoms with Crippen molar-refractivity contribution in [2.75, 3.05) is 11.9 Å². The van der Waals surface area contributed by atoms with E-state index in [9.17, 15) is 4.79 Å². The van der Waals surface area contributed by atoms with Gasteiger partial charge < -0.3 is 14.9 Å². The van der Waals surface area contributed by atoms with Crippen LogP contribution in [0.2, 0.25) is 0 Å². The standard InChI is InChI=1S/C12H15N5O/c18-12-11(14-4-3-9-7-13-8-16-9)15-5-6-17(12)10-1-2-10/h5-8,10H,1-4H2,(H,13,16)(H,14,15). The summed E-state index contributed by atoms with van der Waals surface area (Å²) in [5, 5.41) is 3.08. The average molecular weight is 245 g/mol. The summed E-state index contributed by atoms with van der Waals surface area (Å²) in [4.78, 5) is 23.1. The molecular weight excluding hydrogens is 230 g/mol. The van der Waals surface area contributed by atoms with E-state index in [2.05, 4.69) is 20.3 Å². The zero-order valence-electron chi connectivity index (χ0n) is 9.97. The quantitative estimate of drug-likeness (QED) is 0.822. The number of nitrogens with zero attached hydrogens (tertiary/aromatic N) is 3. The van der Waals surface area contributed by atoms with Crippen molar-refractivity contribution in [2.45, 2.75) is 25.3 Å². The zero-order chi connectivity index (χ0) is 12.4. The van der Waals surface area contributed by atoms with Crippen molar-refractivity contribution < 1.29 is 0 Å². The van der Waals surface area contributed by atoms with Gasteiger partial charge in [0, 0.05) is 43.3 Å². The number of nitrogens with one attached hydrogen (secondary N) is 2. The molecule has 1 fully saturated rings. The monoisotopic (exact) mass is 245 g/mol. The first-order valence-electron chi connectivity index (χ1n) is 6.13. The van der Waals surface area contributed by atoms with Gasteiger partial charge in [0.2, 0.25) is 0 Å². The van der Waals surface area contributed by atoms with Gasteiger partial charge in [-0.05, 0) is 12.8 Å². The minimum atomic E-state index is -0.0235. The number of H-pyrrole nitrogens is 1. The van der Waals surface area contributed by atoms with Crippen molar-refractivity contribution in [3.05, 3.63) is 41.0 Å². The third-order valence-electron chi connectivity index (χ3n) is 3.05. The molecule has 2 N–H and O–H groups in total. The van der Waals surface area contributed by atoms with Gasteiger partial charge in [0.15, 0.2) is 5.82 Å². The molecule has 1 saturated carbocycles. The lowest BCUT2D eigenvalue weighted by atomic mass is 10.3. The summed E-state index contributed by atoms with van der Waals surface area (Å²) in [5.74, 6) is 0.434. The molecule has 18 heavy (non-hydrogen) atoms. The molecule has 2 heterocycles. The van der Waals surface area contributed by atoms with Gasteiger partial charge in [-0.3, -0.25) is 4.79 Å². The minimum absolute atomic E-state index is 0.0235. The molecule has 0 spiro atoms. The van der Waals surface area contributed by atoms with E-state index in [4.69, 9.17) is 0 Å². The van der Waals surface area contributed by atoms with Gasteiger partial charge >= 0.3 is 0 Å². The lowest BCUT2D eigenvalue weighted by molar-refractivity contribution is 0.699. The van der Waals surface area contributed by atoms with Crippen LogP contribution < -0.4 is 10.9 Å². The molecular formula is C12H15N5O. The third-order valence-corrected chi connectivity index (χ3v) is 3.05. The summed E-state index contributed by atoms with van der Waals surface area (Å²) in [6.45, 7) is 0.666. The van der Waals surface area contributed by atoms with E-state index in [-0.39, 0.29) is 5.56 Å². The largest absolute Gasteiger partial charge is 0.365 e. The molecule has 0 unspecified atom stereocenters. The molecule has 0 bridgehead atoms. The van der Waals surface area contributed by atoms with Gasteiger partial charge in [0.1, 0.15) is 0 Å². The second-order valence-electron chi connectivity index (χ2n) is 4.47. The van der Waals surface area contributed by atoms with Gasteiger partial charge in [-0.15, -0.1) is 0 Å². The highest BCUT2D eigenvalue weighted by Gasteiger charge is 2.25. The summed E-state index contributed by atoms with van der Waals surface area (Å²) in [5.41, 5.74) is 1.02. The lowest BCUT2D eigenvalue weighted by Gasteiger charge is -2.07. The molecule has 6 nitrogen and oxygen atoms in total. The van der Waals surface area contributed by atoms with Gasteiger partial charge in [-0.25, -0.2) is 9.97 Å². The number of anilines is 1. The van der Waals surface area contributed by atoms with Crippen molar-refractivity contribution >= 4 is 5.82 Å². The molecule has 6 heteroatoms. The highest BCUT2D eigenvalue weighted by Crippen LogP contribution is 2.33. The van der Waals surface area contributed by atoms with Crippen molar-refractivity contribution in [3.8, 4) is 0 Å². The second kappa shape index (κ2) is 4.64. The predicted octanol–water partition coefficient (Wildman–Crippen LogP) is 0.956. The molecule has 0 amide bonds. The Morgan fingerprint density at radius 3 is 3.11 bits per heavy atom. The summed E-state index contributed by atoms with van der Waals surface area (Å²) in [7, 11) is 0. The molecule has 1 aliphatic carbocycles. The second-order valence-corrected chi connectivity index (χ2v) is 4.47. The van der Waals surface area contributed by atoms with Crippen LogP contribution in [0.5, 0.6) is 0 Å². The molecule has 0 aliphatic heterocycles. The summed E-state index contributed by atoms with van der Waals surface area (Å²) in [6.07, 6.45) is 9.85. The van der Waals surface area contributed by atoms with E-state index in [1.54, 1.807) is 29.5 Å². The van der Waals surface area contributed by atoms with Crippen molar-refractivity contribution in [3.63, 3.8) is 0 Å². The van der Waals surface area contributed by atoms with Gasteiger partial charge in [-0.1, -0.05) is 0 Å². The van der Waals surface area contributed by atoms with Crippen LogP contribution in [0.25, 0.3) is 0 Å². The fourth-order valence-corrected chi connectivity index (χ4v) is 1.92. The fourth-order valence-electron chi connectivity index (χ4n) is 1.92. The highest BCUT2D eigenvalue weighted by atomic mass is 16.1. The minimum Gasteiger partial charge on any atom is -0.365 e. The maximum atomic E-state index is 12.1. The van der Waals surface area contributed by atoms with Gasteiger partial charge in [0.25, 0.3) is 5.56 Å². The molecule has 3 rings (SSSR count). The Morgan fingerprint density at radius 2 is 2.39 bits per heavy atom. The number of hydrogen-bond donors (Lipinski definition) is 2. The smallest absolute Gasteiger partial charge is 0.293 e. The number of aromatic nitrogens is 4. The molecule has 2 aromatic rings. The topological polar surface area (TPSA) is 75.6 Å². The predicted molar refractivity (Wildman–Crippen MR) is 67.5 cm³/mol. The molecule has 0 aromatic carbocycles. The molecule has 2 aromatic heterocycles. The van der Waals surface area contributed by atoms with Crippen molar-refractivity contribution in [1.82, 2.24) is 19.5 Å². The van der Waals surface area contributed by atoms with Crippen LogP contribution in [0.15, 0.2) is 29.7 Å². The first-order chi connectivity index (χ1) is 8.84. The molecule has 1 aliphatic rings. The van der Waals surface area contributed by atoms with Crippen LogP contribution in [0, 0.1) is 0 Å². The van der Waals surface area contributed by atoms with Gasteiger partial charge in [0.05, 0.1) is 6.33 Å². The van der Waals surface area contributed by atoms with Crippen LogP contribution in [0.4, 0.5) is 5.82 Å². The van der Waals surface area contributed by atoms with Crippen LogP contribution in [0.3, 0.4) is 0 Å². The number of imidazole rings is 1. The van der Waals surface area contributed by atoms with Crippen LogP contribution in [0.1, 0.15) is 24.6 Å². The SMILES string of the molecule is O=c1c(NCCc2cnc[nH]2)nccn1C1CC1. The van der Waals surface area contributed by atoms with E-state index < -0.39 is 0 Å². The Hall–Kier alpha value is -2.11. The fraction of sp³-hybridized carbons (Fsp3) is 0.417. The zero-order valence-corrected chi connectivity index (χ0v) is 9.97. The van der Waals surface area contributed by atoms with E-state index in [1.165, 1.54) is 0 Å². The van der Waals surface area contributed by atoms with E-state index in [0.29, 0.717) is 18.4 Å². The first-order valence-corrected chi connectivity index (χ1v) is 6.13. The van der Waals surface area contributed by atoms with Crippen molar-refractivity contribution in [2.24, 2.45) is 0 Å². The highest BCUT2D eigenvalue weighted by molar-refractivity contribution is 5.31. The van der Waals surface area contributed by atoms with Crippen molar-refractivity contribution in [1.29, 1.82) is 0 Å². The normalized spacial score (nSPS) is 14.7. The summed E-state index contributed by atoms with van der Waals surface area (Å²) >= 11 is 0. The Labute approximate surface area is 104 Å². The number of rotatable bonds is 5. The van der Waals surface area contributed by atoms with E-state index >= 15 is 0 Å². The van der Waals surface area contributed by atoms with E-state index in [0.717, 1.165) is 25.0 Å². The number of hydrogen-bond acceptors (Lipinski definition) is 4. The van der Waals surface area contributed by atoms with Crippen LogP contribution in [-0.4, -0.2) is 26.1 Å². The van der Waals surface area contributed by atoms with Crippen LogP contribution >= 0.6 is 0 Å². The number of aromatic amines is 1.